The fourth-order valence-corrected chi connectivity index (χ4v) is 3.99. The third-order valence-corrected chi connectivity index (χ3v) is 5.46. The highest BCUT2D eigenvalue weighted by molar-refractivity contribution is 5.87. The van der Waals surface area contributed by atoms with Crippen LogP contribution in [-0.2, 0) is 9.59 Å². The van der Waals surface area contributed by atoms with Crippen molar-refractivity contribution in [2.24, 2.45) is 10.8 Å². The molecule has 2 heterocycles. The Morgan fingerprint density at radius 3 is 2.30 bits per heavy atom. The zero-order chi connectivity index (χ0) is 14.2. The molecular formula is C15H21N3O2. The van der Waals surface area contributed by atoms with Gasteiger partial charge in [0.1, 0.15) is 5.41 Å². The van der Waals surface area contributed by atoms with Gasteiger partial charge in [-0.2, -0.15) is 5.26 Å². The van der Waals surface area contributed by atoms with Crippen molar-refractivity contribution in [2.45, 2.75) is 44.9 Å². The Labute approximate surface area is 119 Å². The molecule has 0 unspecified atom stereocenters. The summed E-state index contributed by atoms with van der Waals surface area (Å²) >= 11 is 0. The van der Waals surface area contributed by atoms with Gasteiger partial charge in [0.05, 0.1) is 11.5 Å². The van der Waals surface area contributed by atoms with E-state index in [-0.39, 0.29) is 17.2 Å². The number of hydrogen-bond acceptors (Lipinski definition) is 3. The molecule has 0 atom stereocenters. The quantitative estimate of drug-likeness (QED) is 0.781. The second-order valence-corrected chi connectivity index (χ2v) is 6.48. The summed E-state index contributed by atoms with van der Waals surface area (Å²) in [5, 5.41) is 12.3. The molecule has 0 radical (unpaired) electrons. The first-order valence-corrected chi connectivity index (χ1v) is 7.61. The van der Waals surface area contributed by atoms with E-state index in [1.807, 2.05) is 4.90 Å². The first kappa shape index (κ1) is 13.4. The normalized spacial score (nSPS) is 27.4. The van der Waals surface area contributed by atoms with Gasteiger partial charge in [-0.05, 0) is 32.1 Å². The summed E-state index contributed by atoms with van der Waals surface area (Å²) < 4.78 is 0. The lowest BCUT2D eigenvalue weighted by Crippen LogP contribution is -2.50. The van der Waals surface area contributed by atoms with Crippen molar-refractivity contribution in [3.63, 3.8) is 0 Å². The number of carbonyl (C=O) groups is 2. The molecule has 3 rings (SSSR count). The molecule has 108 valence electrons. The van der Waals surface area contributed by atoms with E-state index < -0.39 is 5.41 Å². The molecule has 0 aromatic rings. The van der Waals surface area contributed by atoms with Gasteiger partial charge in [0.15, 0.2) is 0 Å². The molecule has 1 N–H and O–H groups in total. The maximum absolute atomic E-state index is 12.6. The molecule has 3 fully saturated rings. The van der Waals surface area contributed by atoms with E-state index in [0.29, 0.717) is 25.9 Å². The minimum Gasteiger partial charge on any atom is -0.356 e. The minimum absolute atomic E-state index is 0.00533. The second kappa shape index (κ2) is 4.76. The Morgan fingerprint density at radius 2 is 1.80 bits per heavy atom. The van der Waals surface area contributed by atoms with Crippen LogP contribution in [0.1, 0.15) is 44.9 Å². The van der Waals surface area contributed by atoms with E-state index in [1.165, 1.54) is 0 Å². The van der Waals surface area contributed by atoms with E-state index in [0.717, 1.165) is 38.6 Å². The number of amides is 2. The predicted octanol–water partition coefficient (Wildman–Crippen LogP) is 1.20. The van der Waals surface area contributed by atoms with Gasteiger partial charge in [-0.25, -0.2) is 0 Å². The van der Waals surface area contributed by atoms with E-state index in [1.54, 1.807) is 0 Å². The number of carbonyl (C=O) groups excluding carboxylic acids is 2. The van der Waals surface area contributed by atoms with Crippen LogP contribution in [-0.4, -0.2) is 36.3 Å². The van der Waals surface area contributed by atoms with Crippen molar-refractivity contribution < 1.29 is 9.59 Å². The fourth-order valence-electron chi connectivity index (χ4n) is 3.99. The summed E-state index contributed by atoms with van der Waals surface area (Å²) in [5.41, 5.74) is -1.02. The molecule has 0 aromatic carbocycles. The highest BCUT2D eigenvalue weighted by Crippen LogP contribution is 2.42. The average molecular weight is 275 g/mol. The van der Waals surface area contributed by atoms with Crippen LogP contribution in [0, 0.1) is 22.2 Å². The average Bonchev–Trinajstić information content (AvgIpc) is 3.09. The van der Waals surface area contributed by atoms with Crippen LogP contribution in [0.25, 0.3) is 0 Å². The molecule has 5 heteroatoms. The van der Waals surface area contributed by atoms with Gasteiger partial charge in [-0.15, -0.1) is 0 Å². The zero-order valence-electron chi connectivity index (χ0n) is 11.8. The highest BCUT2D eigenvalue weighted by Gasteiger charge is 2.49. The Hall–Kier alpha value is -1.57. The SMILES string of the molecule is N#CC1(C(=O)N2CCC3(CCNC3=O)CC2)CCCC1. The van der Waals surface area contributed by atoms with Crippen LogP contribution in [0.3, 0.4) is 0 Å². The summed E-state index contributed by atoms with van der Waals surface area (Å²) in [4.78, 5) is 26.4. The van der Waals surface area contributed by atoms with Crippen LogP contribution in [0.15, 0.2) is 0 Å². The lowest BCUT2D eigenvalue weighted by atomic mass is 9.76. The predicted molar refractivity (Wildman–Crippen MR) is 72.4 cm³/mol. The molecule has 5 nitrogen and oxygen atoms in total. The molecule has 2 saturated heterocycles. The van der Waals surface area contributed by atoms with E-state index in [4.69, 9.17) is 0 Å². The molecule has 1 saturated carbocycles. The van der Waals surface area contributed by atoms with Crippen molar-refractivity contribution in [3.05, 3.63) is 0 Å². The van der Waals surface area contributed by atoms with Crippen LogP contribution in [0.2, 0.25) is 0 Å². The summed E-state index contributed by atoms with van der Waals surface area (Å²) in [6, 6.07) is 2.27. The first-order chi connectivity index (χ1) is 9.62. The smallest absolute Gasteiger partial charge is 0.243 e. The Morgan fingerprint density at radius 1 is 1.15 bits per heavy atom. The standard InChI is InChI=1S/C15H21N3O2/c16-11-15(3-1-2-4-15)13(20)18-9-6-14(7-10-18)5-8-17-12(14)19/h1-10H2,(H,17,19). The zero-order valence-corrected chi connectivity index (χ0v) is 11.8. The largest absolute Gasteiger partial charge is 0.356 e. The molecule has 20 heavy (non-hydrogen) atoms. The Kier molecular flexibility index (Phi) is 3.19. The van der Waals surface area contributed by atoms with Gasteiger partial charge in [0, 0.05) is 19.6 Å². The molecule has 0 bridgehead atoms. The maximum Gasteiger partial charge on any atom is 0.243 e. The third kappa shape index (κ3) is 1.90. The molecule has 1 spiro atoms. The van der Waals surface area contributed by atoms with Gasteiger partial charge in [-0.1, -0.05) is 12.8 Å². The molecule has 1 aliphatic carbocycles. The topological polar surface area (TPSA) is 73.2 Å². The third-order valence-electron chi connectivity index (χ3n) is 5.46. The van der Waals surface area contributed by atoms with Crippen LogP contribution < -0.4 is 5.32 Å². The maximum atomic E-state index is 12.6. The summed E-state index contributed by atoms with van der Waals surface area (Å²) in [7, 11) is 0. The van der Waals surface area contributed by atoms with Crippen molar-refractivity contribution in [1.82, 2.24) is 10.2 Å². The van der Waals surface area contributed by atoms with Gasteiger partial charge < -0.3 is 10.2 Å². The molecule has 3 aliphatic rings. The van der Waals surface area contributed by atoms with E-state index in [2.05, 4.69) is 11.4 Å². The van der Waals surface area contributed by atoms with Gasteiger partial charge in [0.2, 0.25) is 11.8 Å². The number of likely N-dealkylation sites (tertiary alicyclic amines) is 1. The van der Waals surface area contributed by atoms with Crippen LogP contribution in [0.5, 0.6) is 0 Å². The lowest BCUT2D eigenvalue weighted by Gasteiger charge is -2.39. The Bertz CT molecular complexity index is 466. The number of piperidine rings is 1. The second-order valence-electron chi connectivity index (χ2n) is 6.48. The van der Waals surface area contributed by atoms with E-state index in [9.17, 15) is 14.9 Å². The van der Waals surface area contributed by atoms with Crippen molar-refractivity contribution in [3.8, 4) is 6.07 Å². The number of rotatable bonds is 1. The molecule has 2 amide bonds. The Balaban J connectivity index is 1.68. The van der Waals surface area contributed by atoms with Crippen LogP contribution >= 0.6 is 0 Å². The minimum atomic E-state index is -0.775. The van der Waals surface area contributed by atoms with Gasteiger partial charge >= 0.3 is 0 Å². The summed E-state index contributed by atoms with van der Waals surface area (Å²) in [5.74, 6) is 0.159. The highest BCUT2D eigenvalue weighted by atomic mass is 16.2. The number of hydrogen-bond donors (Lipinski definition) is 1. The van der Waals surface area contributed by atoms with Crippen molar-refractivity contribution >= 4 is 11.8 Å². The summed E-state index contributed by atoms with van der Waals surface area (Å²) in [6.45, 7) is 2.00. The monoisotopic (exact) mass is 275 g/mol. The number of nitrogens with zero attached hydrogens (tertiary/aromatic N) is 2. The molecular weight excluding hydrogens is 254 g/mol. The molecule has 2 aliphatic heterocycles. The van der Waals surface area contributed by atoms with E-state index >= 15 is 0 Å². The number of nitrogens with one attached hydrogen (secondary N) is 1. The summed E-state index contributed by atoms with van der Waals surface area (Å²) in [6.07, 6.45) is 5.71. The lowest BCUT2D eigenvalue weighted by molar-refractivity contribution is -0.144. The van der Waals surface area contributed by atoms with Gasteiger partial charge in [0.25, 0.3) is 0 Å². The first-order valence-electron chi connectivity index (χ1n) is 7.61. The van der Waals surface area contributed by atoms with Crippen molar-refractivity contribution in [1.29, 1.82) is 5.26 Å². The fraction of sp³-hybridized carbons (Fsp3) is 0.800. The van der Waals surface area contributed by atoms with Crippen LogP contribution in [0.4, 0.5) is 0 Å². The molecule has 0 aromatic heterocycles. The van der Waals surface area contributed by atoms with Gasteiger partial charge in [-0.3, -0.25) is 9.59 Å². The number of nitriles is 1. The van der Waals surface area contributed by atoms with Crippen molar-refractivity contribution in [2.75, 3.05) is 19.6 Å².